The van der Waals surface area contributed by atoms with Crippen LogP contribution in [-0.4, -0.2) is 0 Å². The van der Waals surface area contributed by atoms with Gasteiger partial charge in [-0.3, -0.25) is 0 Å². The molecule has 1 heterocycles. The molecule has 1 nitrogen and oxygen atoms in total. The van der Waals surface area contributed by atoms with Gasteiger partial charge < -0.3 is 4.18 Å². The van der Waals surface area contributed by atoms with Crippen molar-refractivity contribution < 1.29 is 4.18 Å². The highest BCUT2D eigenvalue weighted by Crippen LogP contribution is 2.36. The number of thiophene rings is 1. The Morgan fingerprint density at radius 2 is 1.60 bits per heavy atom. The van der Waals surface area contributed by atoms with Gasteiger partial charge >= 0.3 is 0 Å². The lowest BCUT2D eigenvalue weighted by Crippen LogP contribution is -1.84. The van der Waals surface area contributed by atoms with E-state index in [1.54, 1.807) is 0 Å². The predicted molar refractivity (Wildman–Crippen MR) is 87.4 cm³/mol. The Hall–Kier alpha value is -1.71. The van der Waals surface area contributed by atoms with Gasteiger partial charge in [-0.1, -0.05) is 36.4 Å². The molecule has 0 spiro atoms. The molecule has 0 aliphatic heterocycles. The standard InChI is InChI=1S/C17H14OS2/c1-13-11-12-16(19-13)15-9-5-6-10-17(15)20-18-14-7-3-2-4-8-14/h2-12H,1H3. The summed E-state index contributed by atoms with van der Waals surface area (Å²) in [7, 11) is 0. The molecule has 3 aromatic rings. The van der Waals surface area contributed by atoms with E-state index in [9.17, 15) is 0 Å². The SMILES string of the molecule is Cc1ccc(-c2ccccc2SOc2ccccc2)s1. The van der Waals surface area contributed by atoms with Crippen molar-refractivity contribution in [2.75, 3.05) is 0 Å². The summed E-state index contributed by atoms with van der Waals surface area (Å²) in [6, 6.07) is 22.5. The Morgan fingerprint density at radius 3 is 2.35 bits per heavy atom. The minimum Gasteiger partial charge on any atom is -0.421 e. The lowest BCUT2D eigenvalue weighted by molar-refractivity contribution is 0.646. The van der Waals surface area contributed by atoms with Crippen LogP contribution in [0.5, 0.6) is 5.75 Å². The van der Waals surface area contributed by atoms with E-state index in [1.165, 1.54) is 27.4 Å². The fourth-order valence-corrected chi connectivity index (χ4v) is 3.56. The van der Waals surface area contributed by atoms with Crippen molar-refractivity contribution in [2.45, 2.75) is 11.8 Å². The molecular weight excluding hydrogens is 284 g/mol. The molecule has 0 radical (unpaired) electrons. The van der Waals surface area contributed by atoms with Crippen LogP contribution < -0.4 is 4.18 Å². The molecule has 0 saturated heterocycles. The summed E-state index contributed by atoms with van der Waals surface area (Å²) in [5.74, 6) is 0.870. The van der Waals surface area contributed by atoms with E-state index in [-0.39, 0.29) is 0 Å². The molecule has 0 unspecified atom stereocenters. The Labute approximate surface area is 127 Å². The average Bonchev–Trinajstić information content (AvgIpc) is 2.93. The zero-order valence-electron chi connectivity index (χ0n) is 11.1. The number of rotatable bonds is 4. The average molecular weight is 298 g/mol. The van der Waals surface area contributed by atoms with Crippen molar-refractivity contribution in [1.29, 1.82) is 0 Å². The molecule has 100 valence electrons. The third kappa shape index (κ3) is 3.06. The largest absolute Gasteiger partial charge is 0.421 e. The van der Waals surface area contributed by atoms with Crippen LogP contribution in [0.3, 0.4) is 0 Å². The number of hydrogen-bond donors (Lipinski definition) is 0. The molecule has 2 aromatic carbocycles. The van der Waals surface area contributed by atoms with Gasteiger partial charge in [-0.05, 0) is 37.3 Å². The first-order chi connectivity index (χ1) is 9.83. The number of aryl methyl sites for hydroxylation is 1. The van der Waals surface area contributed by atoms with E-state index in [2.05, 4.69) is 37.3 Å². The quantitative estimate of drug-likeness (QED) is 0.562. The van der Waals surface area contributed by atoms with Crippen molar-refractivity contribution in [3.05, 3.63) is 71.6 Å². The van der Waals surface area contributed by atoms with Gasteiger partial charge in [0.1, 0.15) is 5.75 Å². The molecule has 0 amide bonds. The molecular formula is C17H14OS2. The van der Waals surface area contributed by atoms with Crippen molar-refractivity contribution in [3.8, 4) is 16.2 Å². The Balaban J connectivity index is 1.83. The molecule has 20 heavy (non-hydrogen) atoms. The first-order valence-electron chi connectivity index (χ1n) is 6.38. The minimum absolute atomic E-state index is 0.870. The molecule has 0 atom stereocenters. The predicted octanol–water partition coefficient (Wildman–Crippen LogP) is 5.81. The van der Waals surface area contributed by atoms with E-state index in [0.717, 1.165) is 10.6 Å². The molecule has 3 rings (SSSR count). The van der Waals surface area contributed by atoms with Crippen molar-refractivity contribution in [1.82, 2.24) is 0 Å². The van der Waals surface area contributed by atoms with Gasteiger partial charge in [0, 0.05) is 15.3 Å². The topological polar surface area (TPSA) is 9.23 Å². The molecule has 0 fully saturated rings. The zero-order valence-corrected chi connectivity index (χ0v) is 12.7. The second-order valence-corrected chi connectivity index (χ2v) is 6.45. The summed E-state index contributed by atoms with van der Waals surface area (Å²) in [6.07, 6.45) is 0. The Morgan fingerprint density at radius 1 is 0.850 bits per heavy atom. The summed E-state index contributed by atoms with van der Waals surface area (Å²) in [5, 5.41) is 0. The maximum Gasteiger partial charge on any atom is 0.137 e. The van der Waals surface area contributed by atoms with Crippen molar-refractivity contribution in [2.24, 2.45) is 0 Å². The number of para-hydroxylation sites is 1. The molecule has 0 saturated carbocycles. The van der Waals surface area contributed by atoms with E-state index in [1.807, 2.05) is 47.7 Å². The first-order valence-corrected chi connectivity index (χ1v) is 7.94. The summed E-state index contributed by atoms with van der Waals surface area (Å²) < 4.78 is 5.78. The van der Waals surface area contributed by atoms with Crippen LogP contribution in [0.4, 0.5) is 0 Å². The second kappa shape index (κ2) is 6.16. The van der Waals surface area contributed by atoms with Crippen LogP contribution in [-0.2, 0) is 0 Å². The van der Waals surface area contributed by atoms with Gasteiger partial charge in [0.05, 0.1) is 16.9 Å². The molecule has 0 N–H and O–H groups in total. The number of hydrogen-bond acceptors (Lipinski definition) is 3. The third-order valence-electron chi connectivity index (χ3n) is 2.86. The first kappa shape index (κ1) is 13.3. The van der Waals surface area contributed by atoms with Crippen molar-refractivity contribution in [3.63, 3.8) is 0 Å². The van der Waals surface area contributed by atoms with Crippen LogP contribution in [0.2, 0.25) is 0 Å². The Kier molecular flexibility index (Phi) is 4.09. The van der Waals surface area contributed by atoms with Crippen LogP contribution in [0, 0.1) is 6.92 Å². The fourth-order valence-electron chi connectivity index (χ4n) is 1.89. The van der Waals surface area contributed by atoms with Gasteiger partial charge in [-0.2, -0.15) is 0 Å². The minimum atomic E-state index is 0.870. The summed E-state index contributed by atoms with van der Waals surface area (Å²) in [4.78, 5) is 3.74. The van der Waals surface area contributed by atoms with Gasteiger partial charge in [-0.25, -0.2) is 0 Å². The van der Waals surface area contributed by atoms with Crippen LogP contribution in [0.15, 0.2) is 71.6 Å². The highest BCUT2D eigenvalue weighted by atomic mass is 32.2. The lowest BCUT2D eigenvalue weighted by atomic mass is 10.2. The van der Waals surface area contributed by atoms with Gasteiger partial charge in [0.25, 0.3) is 0 Å². The molecule has 1 aromatic heterocycles. The van der Waals surface area contributed by atoms with Crippen LogP contribution in [0.25, 0.3) is 10.4 Å². The van der Waals surface area contributed by atoms with E-state index < -0.39 is 0 Å². The van der Waals surface area contributed by atoms with Crippen LogP contribution >= 0.6 is 23.4 Å². The van der Waals surface area contributed by atoms with Gasteiger partial charge in [-0.15, -0.1) is 11.3 Å². The van der Waals surface area contributed by atoms with Crippen molar-refractivity contribution >= 4 is 23.4 Å². The molecule has 0 aliphatic rings. The second-order valence-electron chi connectivity index (χ2n) is 4.39. The van der Waals surface area contributed by atoms with E-state index >= 15 is 0 Å². The molecule has 3 heteroatoms. The highest BCUT2D eigenvalue weighted by Gasteiger charge is 2.08. The maximum atomic E-state index is 5.78. The fraction of sp³-hybridized carbons (Fsp3) is 0.0588. The third-order valence-corrected chi connectivity index (χ3v) is 4.71. The zero-order chi connectivity index (χ0) is 13.8. The number of benzene rings is 2. The normalized spacial score (nSPS) is 10.4. The molecule has 0 aliphatic carbocycles. The lowest BCUT2D eigenvalue weighted by Gasteiger charge is -2.07. The summed E-state index contributed by atoms with van der Waals surface area (Å²) >= 11 is 3.22. The highest BCUT2D eigenvalue weighted by molar-refractivity contribution is 7.95. The van der Waals surface area contributed by atoms with E-state index in [0.29, 0.717) is 0 Å². The van der Waals surface area contributed by atoms with Gasteiger partial charge in [0.2, 0.25) is 0 Å². The van der Waals surface area contributed by atoms with Gasteiger partial charge in [0.15, 0.2) is 0 Å². The summed E-state index contributed by atoms with van der Waals surface area (Å²) in [6.45, 7) is 2.13. The Bertz CT molecular complexity index is 689. The molecule has 0 bridgehead atoms. The monoisotopic (exact) mass is 298 g/mol. The van der Waals surface area contributed by atoms with Crippen LogP contribution in [0.1, 0.15) is 4.88 Å². The smallest absolute Gasteiger partial charge is 0.137 e. The van der Waals surface area contributed by atoms with E-state index in [4.69, 9.17) is 4.18 Å². The maximum absolute atomic E-state index is 5.78. The summed E-state index contributed by atoms with van der Waals surface area (Å²) in [5.41, 5.74) is 1.23.